The van der Waals surface area contributed by atoms with E-state index >= 15 is 0 Å². The van der Waals surface area contributed by atoms with E-state index in [0.717, 1.165) is 12.8 Å². The normalized spacial score (nSPS) is 12.1. The first kappa shape index (κ1) is 15.6. The van der Waals surface area contributed by atoms with Crippen molar-refractivity contribution in [2.45, 2.75) is 24.7 Å². The van der Waals surface area contributed by atoms with Gasteiger partial charge in [0, 0.05) is 5.56 Å². The van der Waals surface area contributed by atoms with Crippen LogP contribution in [-0.4, -0.2) is 15.7 Å². The summed E-state index contributed by atoms with van der Waals surface area (Å²) in [6.45, 7) is 2.09. The largest absolute Gasteiger partial charge is 0.293 e. The van der Waals surface area contributed by atoms with Crippen molar-refractivity contribution < 1.29 is 13.4 Å². The molecule has 0 aliphatic carbocycles. The molecule has 2 aromatic carbocycles. The lowest BCUT2D eigenvalue weighted by Gasteiger charge is -2.04. The Morgan fingerprint density at radius 1 is 1.10 bits per heavy atom. The number of carbonyl (C=O) groups excluding carboxylic acids is 1. The number of hydrogen-bond acceptors (Lipinski definition) is 2. The second-order valence-electron chi connectivity index (χ2n) is 4.79. The minimum absolute atomic E-state index is 0.0773. The lowest BCUT2D eigenvalue weighted by molar-refractivity contribution is 0.102. The summed E-state index contributed by atoms with van der Waals surface area (Å²) in [6, 6.07) is 13.1. The van der Waals surface area contributed by atoms with Gasteiger partial charge in [0.25, 0.3) is 0 Å². The van der Waals surface area contributed by atoms with Gasteiger partial charge in [-0.25, -0.2) is 4.39 Å². The van der Waals surface area contributed by atoms with E-state index in [9.17, 15) is 13.4 Å². The highest BCUT2D eigenvalue weighted by atomic mass is 32.2. The number of hydrogen-bond donors (Lipinski definition) is 0. The molecule has 4 heteroatoms. The molecule has 0 radical (unpaired) electrons. The van der Waals surface area contributed by atoms with Crippen molar-refractivity contribution in [3.05, 3.63) is 65.5 Å². The Kier molecular flexibility index (Phi) is 5.39. The molecule has 2 aromatic rings. The van der Waals surface area contributed by atoms with Crippen LogP contribution in [0.25, 0.3) is 0 Å². The third-order valence-corrected chi connectivity index (χ3v) is 4.50. The molecule has 1 unspecified atom stereocenters. The molecule has 0 bridgehead atoms. The second-order valence-corrected chi connectivity index (χ2v) is 6.21. The molecule has 0 aromatic heterocycles. The van der Waals surface area contributed by atoms with E-state index in [2.05, 4.69) is 6.92 Å². The maximum atomic E-state index is 13.5. The van der Waals surface area contributed by atoms with Crippen LogP contribution in [0.2, 0.25) is 0 Å². The summed E-state index contributed by atoms with van der Waals surface area (Å²) < 4.78 is 25.6. The highest BCUT2D eigenvalue weighted by molar-refractivity contribution is 7.85. The standard InChI is InChI=1S/C17H17FO2S/c1-2-5-13-8-10-14(11-9-13)16(19)12-21(20)17-7-4-3-6-15(17)18/h3-4,6-11H,2,5,12H2,1H3. The topological polar surface area (TPSA) is 34.1 Å². The van der Waals surface area contributed by atoms with Gasteiger partial charge in [0.1, 0.15) is 5.82 Å². The van der Waals surface area contributed by atoms with Crippen LogP contribution in [0.3, 0.4) is 0 Å². The lowest BCUT2D eigenvalue weighted by Crippen LogP contribution is -2.12. The van der Waals surface area contributed by atoms with Crippen molar-refractivity contribution in [2.24, 2.45) is 0 Å². The zero-order valence-electron chi connectivity index (χ0n) is 11.8. The van der Waals surface area contributed by atoms with Crippen LogP contribution in [0.1, 0.15) is 29.3 Å². The van der Waals surface area contributed by atoms with E-state index < -0.39 is 16.6 Å². The number of carbonyl (C=O) groups is 1. The van der Waals surface area contributed by atoms with Gasteiger partial charge in [-0.15, -0.1) is 0 Å². The molecule has 0 N–H and O–H groups in total. The molecule has 0 heterocycles. The number of halogens is 1. The minimum Gasteiger partial charge on any atom is -0.293 e. The Morgan fingerprint density at radius 2 is 1.76 bits per heavy atom. The second kappa shape index (κ2) is 7.27. The fraction of sp³-hybridized carbons (Fsp3) is 0.235. The Labute approximate surface area is 126 Å². The lowest BCUT2D eigenvalue weighted by atomic mass is 10.1. The quantitative estimate of drug-likeness (QED) is 0.761. The van der Waals surface area contributed by atoms with Gasteiger partial charge in [-0.1, -0.05) is 49.7 Å². The van der Waals surface area contributed by atoms with Crippen molar-refractivity contribution in [3.8, 4) is 0 Å². The third kappa shape index (κ3) is 4.08. The number of Topliss-reactive ketones (excluding diaryl/α,β-unsaturated/α-hetero) is 1. The summed E-state index contributed by atoms with van der Waals surface area (Å²) in [5.74, 6) is -0.977. The Bertz CT molecular complexity index is 650. The molecule has 0 spiro atoms. The van der Waals surface area contributed by atoms with Crippen LogP contribution < -0.4 is 0 Å². The van der Waals surface area contributed by atoms with E-state index in [0.29, 0.717) is 5.56 Å². The molecule has 0 saturated carbocycles. The van der Waals surface area contributed by atoms with Gasteiger partial charge in [0.05, 0.1) is 21.4 Å². The summed E-state index contributed by atoms with van der Waals surface area (Å²) in [7, 11) is -1.66. The van der Waals surface area contributed by atoms with E-state index in [4.69, 9.17) is 0 Å². The van der Waals surface area contributed by atoms with Crippen LogP contribution in [0.4, 0.5) is 4.39 Å². The van der Waals surface area contributed by atoms with Crippen molar-refractivity contribution in [3.63, 3.8) is 0 Å². The van der Waals surface area contributed by atoms with Gasteiger partial charge in [-0.2, -0.15) is 0 Å². The van der Waals surface area contributed by atoms with Crippen molar-refractivity contribution in [2.75, 3.05) is 5.75 Å². The van der Waals surface area contributed by atoms with Gasteiger partial charge in [0.15, 0.2) is 5.78 Å². The van der Waals surface area contributed by atoms with Gasteiger partial charge in [-0.3, -0.25) is 9.00 Å². The molecule has 0 amide bonds. The molecule has 2 rings (SSSR count). The van der Waals surface area contributed by atoms with Gasteiger partial charge >= 0.3 is 0 Å². The maximum absolute atomic E-state index is 13.5. The first-order chi connectivity index (χ1) is 10.1. The molecule has 110 valence electrons. The molecule has 0 aliphatic heterocycles. The van der Waals surface area contributed by atoms with Crippen molar-refractivity contribution in [1.29, 1.82) is 0 Å². The van der Waals surface area contributed by atoms with Crippen LogP contribution in [-0.2, 0) is 17.2 Å². The van der Waals surface area contributed by atoms with Crippen LogP contribution >= 0.6 is 0 Å². The summed E-state index contributed by atoms with van der Waals surface area (Å²) in [5.41, 5.74) is 1.68. The number of ketones is 1. The third-order valence-electron chi connectivity index (χ3n) is 3.16. The molecular weight excluding hydrogens is 287 g/mol. The molecule has 1 atom stereocenters. The number of rotatable bonds is 6. The molecular formula is C17H17FO2S. The molecule has 0 fully saturated rings. The summed E-state index contributed by atoms with van der Waals surface area (Å²) >= 11 is 0. The number of benzene rings is 2. The average molecular weight is 304 g/mol. The zero-order chi connectivity index (χ0) is 15.2. The molecule has 21 heavy (non-hydrogen) atoms. The predicted octanol–water partition coefficient (Wildman–Crippen LogP) is 3.77. The molecule has 0 saturated heterocycles. The van der Waals surface area contributed by atoms with E-state index in [1.807, 2.05) is 12.1 Å². The fourth-order valence-corrected chi connectivity index (χ4v) is 3.13. The summed E-state index contributed by atoms with van der Waals surface area (Å²) in [6.07, 6.45) is 2.01. The van der Waals surface area contributed by atoms with Crippen LogP contribution in [0.5, 0.6) is 0 Å². The first-order valence-corrected chi connectivity index (χ1v) is 8.18. The van der Waals surface area contributed by atoms with E-state index in [-0.39, 0.29) is 16.4 Å². The smallest absolute Gasteiger partial charge is 0.175 e. The fourth-order valence-electron chi connectivity index (χ4n) is 2.06. The first-order valence-electron chi connectivity index (χ1n) is 6.87. The van der Waals surface area contributed by atoms with Gasteiger partial charge in [0.2, 0.25) is 0 Å². The molecule has 0 aliphatic rings. The monoisotopic (exact) mass is 304 g/mol. The van der Waals surface area contributed by atoms with E-state index in [1.165, 1.54) is 23.8 Å². The number of aryl methyl sites for hydroxylation is 1. The SMILES string of the molecule is CCCc1ccc(C(=O)CS(=O)c2ccccc2F)cc1. The van der Waals surface area contributed by atoms with Crippen LogP contribution in [0.15, 0.2) is 53.4 Å². The Hall–Kier alpha value is -1.81. The zero-order valence-corrected chi connectivity index (χ0v) is 12.7. The van der Waals surface area contributed by atoms with Crippen LogP contribution in [0, 0.1) is 5.82 Å². The Balaban J connectivity index is 2.07. The van der Waals surface area contributed by atoms with Crippen molar-refractivity contribution >= 4 is 16.6 Å². The van der Waals surface area contributed by atoms with Gasteiger partial charge in [-0.05, 0) is 24.1 Å². The summed E-state index contributed by atoms with van der Waals surface area (Å²) in [4.78, 5) is 12.2. The maximum Gasteiger partial charge on any atom is 0.175 e. The van der Waals surface area contributed by atoms with Crippen molar-refractivity contribution in [1.82, 2.24) is 0 Å². The molecule has 2 nitrogen and oxygen atoms in total. The minimum atomic E-state index is -1.66. The summed E-state index contributed by atoms with van der Waals surface area (Å²) in [5, 5.41) is 0. The highest BCUT2D eigenvalue weighted by Crippen LogP contribution is 2.14. The predicted molar refractivity (Wildman–Crippen MR) is 82.4 cm³/mol. The average Bonchev–Trinajstić information content (AvgIpc) is 2.48. The van der Waals surface area contributed by atoms with Gasteiger partial charge < -0.3 is 0 Å². The van der Waals surface area contributed by atoms with E-state index in [1.54, 1.807) is 18.2 Å². The Morgan fingerprint density at radius 3 is 2.38 bits per heavy atom. The highest BCUT2D eigenvalue weighted by Gasteiger charge is 2.15.